The molecule has 0 saturated carbocycles. The molecule has 0 aliphatic rings. The number of imidazole rings is 1. The summed E-state index contributed by atoms with van der Waals surface area (Å²) in [5.41, 5.74) is 6.91. The van der Waals surface area contributed by atoms with Crippen LogP contribution in [0.25, 0.3) is 11.2 Å². The average molecular weight is 476 g/mol. The monoisotopic (exact) mass is 476 g/mol. The van der Waals surface area contributed by atoms with Crippen LogP contribution in [0.15, 0.2) is 43.0 Å². The molecule has 0 bridgehead atoms. The third-order valence-corrected chi connectivity index (χ3v) is 6.38. The molecule has 2 heterocycles. The van der Waals surface area contributed by atoms with E-state index in [1.165, 1.54) is 6.33 Å². The molecule has 0 amide bonds. The normalized spacial score (nSPS) is 15.0. The van der Waals surface area contributed by atoms with E-state index in [4.69, 9.17) is 19.7 Å². The molecule has 1 unspecified atom stereocenters. The van der Waals surface area contributed by atoms with Gasteiger partial charge < -0.3 is 24.3 Å². The summed E-state index contributed by atoms with van der Waals surface area (Å²) in [6.07, 6.45) is 3.01. The van der Waals surface area contributed by atoms with Crippen molar-refractivity contribution in [3.8, 4) is 5.75 Å². The Hall–Kier alpha value is -3.01. The Morgan fingerprint density at radius 3 is 2.70 bits per heavy atom. The van der Waals surface area contributed by atoms with E-state index < -0.39 is 19.5 Å². The van der Waals surface area contributed by atoms with Gasteiger partial charge in [0.2, 0.25) is 0 Å². The summed E-state index contributed by atoms with van der Waals surface area (Å²) in [6.45, 7) is 5.96. The van der Waals surface area contributed by atoms with Gasteiger partial charge in [0.05, 0.1) is 25.6 Å². The third kappa shape index (κ3) is 6.74. The maximum Gasteiger partial charge on any atom is 0.342 e. The number of nitrogens with zero attached hydrogens (tertiary/aromatic N) is 4. The first-order valence-corrected chi connectivity index (χ1v) is 12.4. The Labute approximate surface area is 192 Å². The van der Waals surface area contributed by atoms with Gasteiger partial charge in [-0.15, -0.1) is 0 Å². The highest BCUT2D eigenvalue weighted by atomic mass is 31.2. The van der Waals surface area contributed by atoms with Gasteiger partial charge in [-0.1, -0.05) is 25.1 Å². The fourth-order valence-corrected chi connectivity index (χ4v) is 4.79. The maximum absolute atomic E-state index is 13.6. The number of esters is 1. The van der Waals surface area contributed by atoms with Crippen LogP contribution in [0.3, 0.4) is 0 Å². The molecule has 3 aromatic rings. The number of ether oxygens (including phenoxy) is 2. The van der Waals surface area contributed by atoms with E-state index in [1.54, 1.807) is 42.1 Å². The number of benzene rings is 1. The molecule has 1 aromatic carbocycles. The van der Waals surface area contributed by atoms with Crippen LogP contribution in [-0.4, -0.2) is 50.6 Å². The lowest BCUT2D eigenvalue weighted by Crippen LogP contribution is -2.36. The number of nitrogen functional groups attached to an aromatic ring is 1. The van der Waals surface area contributed by atoms with Gasteiger partial charge in [-0.2, -0.15) is 0 Å². The summed E-state index contributed by atoms with van der Waals surface area (Å²) in [7, 11) is -3.63. The molecule has 0 saturated heterocycles. The number of hydrogen-bond donors (Lipinski definition) is 2. The Morgan fingerprint density at radius 1 is 1.21 bits per heavy atom. The SMILES string of the molecule is CCCOC(=O)[C@H](C)NP(=O)(CO[C@H](C)Cn1cnc2c(N)ncnc21)Oc1ccccc1. The number of carbonyl (C=O) groups excluding carboxylic acids is 1. The fourth-order valence-electron chi connectivity index (χ4n) is 3.00. The molecule has 0 radical (unpaired) electrons. The van der Waals surface area contributed by atoms with Crippen molar-refractivity contribution >= 4 is 30.5 Å². The first-order chi connectivity index (χ1) is 15.8. The summed E-state index contributed by atoms with van der Waals surface area (Å²) >= 11 is 0. The summed E-state index contributed by atoms with van der Waals surface area (Å²) in [5, 5.41) is 2.78. The number of nitrogens with one attached hydrogen (secondary N) is 1. The van der Waals surface area contributed by atoms with Crippen LogP contribution in [0.4, 0.5) is 5.82 Å². The van der Waals surface area contributed by atoms with Crippen molar-refractivity contribution in [2.75, 3.05) is 18.7 Å². The van der Waals surface area contributed by atoms with E-state index in [0.717, 1.165) is 0 Å². The predicted molar refractivity (Wildman–Crippen MR) is 124 cm³/mol. The molecule has 0 spiro atoms. The van der Waals surface area contributed by atoms with Gasteiger partial charge in [0.15, 0.2) is 11.5 Å². The number of rotatable bonds is 12. The van der Waals surface area contributed by atoms with E-state index in [-0.39, 0.29) is 19.1 Å². The van der Waals surface area contributed by atoms with E-state index in [1.807, 2.05) is 19.9 Å². The van der Waals surface area contributed by atoms with Crippen molar-refractivity contribution in [1.82, 2.24) is 24.6 Å². The summed E-state index contributed by atoms with van der Waals surface area (Å²) in [6, 6.07) is 7.86. The number of aromatic nitrogens is 4. The van der Waals surface area contributed by atoms with Gasteiger partial charge >= 0.3 is 13.5 Å². The van der Waals surface area contributed by atoms with Crippen molar-refractivity contribution in [3.63, 3.8) is 0 Å². The standard InChI is InChI=1S/C21H29N6O5P/c1-4-10-30-21(28)16(3)26-33(29,32-17-8-6-5-7-9-17)14-31-15(2)11-27-13-25-18-19(22)23-12-24-20(18)27/h5-9,12-13,15-16H,4,10-11,14H2,1-3H3,(H,26,29)(H2,22,23,24)/t15-,16+,33?/m1/s1. The second-order valence-corrected chi connectivity index (χ2v) is 9.58. The molecular formula is C21H29N6O5P. The van der Waals surface area contributed by atoms with E-state index in [2.05, 4.69) is 20.0 Å². The van der Waals surface area contributed by atoms with Crippen LogP contribution in [0.5, 0.6) is 5.75 Å². The van der Waals surface area contributed by atoms with Crippen molar-refractivity contribution < 1.29 is 23.4 Å². The number of hydrogen-bond acceptors (Lipinski definition) is 9. The lowest BCUT2D eigenvalue weighted by Gasteiger charge is -2.25. The van der Waals surface area contributed by atoms with Gasteiger partial charge in [0.25, 0.3) is 0 Å². The lowest BCUT2D eigenvalue weighted by molar-refractivity contribution is -0.145. The highest BCUT2D eigenvalue weighted by Gasteiger charge is 2.31. The van der Waals surface area contributed by atoms with Crippen LogP contribution in [0.2, 0.25) is 0 Å². The minimum Gasteiger partial charge on any atom is -0.465 e. The topological polar surface area (TPSA) is 143 Å². The lowest BCUT2D eigenvalue weighted by atomic mass is 10.3. The van der Waals surface area contributed by atoms with E-state index >= 15 is 0 Å². The highest BCUT2D eigenvalue weighted by molar-refractivity contribution is 7.57. The molecule has 2 aromatic heterocycles. The van der Waals surface area contributed by atoms with Crippen molar-refractivity contribution in [3.05, 3.63) is 43.0 Å². The Bertz CT molecular complexity index is 1110. The van der Waals surface area contributed by atoms with Crippen LogP contribution < -0.4 is 15.3 Å². The number of anilines is 1. The molecule has 11 nitrogen and oxygen atoms in total. The number of carbonyl (C=O) groups is 1. The van der Waals surface area contributed by atoms with Crippen molar-refractivity contribution in [1.29, 1.82) is 0 Å². The zero-order valence-electron chi connectivity index (χ0n) is 18.9. The van der Waals surface area contributed by atoms with Crippen molar-refractivity contribution in [2.24, 2.45) is 0 Å². The molecule has 3 rings (SSSR count). The second-order valence-electron chi connectivity index (χ2n) is 7.53. The van der Waals surface area contributed by atoms with Gasteiger partial charge in [0, 0.05) is 0 Å². The Kier molecular flexibility index (Phi) is 8.37. The van der Waals surface area contributed by atoms with Crippen molar-refractivity contribution in [2.45, 2.75) is 45.9 Å². The molecule has 33 heavy (non-hydrogen) atoms. The molecule has 178 valence electrons. The number of para-hydroxylation sites is 1. The molecular weight excluding hydrogens is 447 g/mol. The maximum atomic E-state index is 13.6. The van der Waals surface area contributed by atoms with Crippen LogP contribution in [0, 0.1) is 0 Å². The summed E-state index contributed by atoms with van der Waals surface area (Å²) in [5.74, 6) is 0.177. The van der Waals surface area contributed by atoms with Crippen LogP contribution in [-0.2, 0) is 25.4 Å². The molecule has 0 aliphatic heterocycles. The summed E-state index contributed by atoms with van der Waals surface area (Å²) in [4.78, 5) is 24.6. The third-order valence-electron chi connectivity index (χ3n) is 4.60. The zero-order chi connectivity index (χ0) is 23.8. The van der Waals surface area contributed by atoms with Gasteiger partial charge in [0.1, 0.15) is 30.0 Å². The molecule has 3 atom stereocenters. The minimum absolute atomic E-state index is 0.266. The molecule has 0 fully saturated rings. The Balaban J connectivity index is 1.68. The zero-order valence-corrected chi connectivity index (χ0v) is 19.8. The molecule has 0 aliphatic carbocycles. The van der Waals surface area contributed by atoms with Gasteiger partial charge in [-0.25, -0.2) is 20.0 Å². The molecule has 3 N–H and O–H groups in total. The first-order valence-electron chi connectivity index (χ1n) is 10.6. The van der Waals surface area contributed by atoms with Crippen LogP contribution in [0.1, 0.15) is 27.2 Å². The number of nitrogens with two attached hydrogens (primary N) is 1. The Morgan fingerprint density at radius 2 is 1.97 bits per heavy atom. The molecule has 12 heteroatoms. The highest BCUT2D eigenvalue weighted by Crippen LogP contribution is 2.44. The van der Waals surface area contributed by atoms with Crippen LogP contribution >= 0.6 is 7.52 Å². The fraction of sp³-hybridized carbons (Fsp3) is 0.429. The predicted octanol–water partition coefficient (Wildman–Crippen LogP) is 2.97. The largest absolute Gasteiger partial charge is 0.465 e. The average Bonchev–Trinajstić information content (AvgIpc) is 3.20. The van der Waals surface area contributed by atoms with E-state index in [0.29, 0.717) is 35.7 Å². The minimum atomic E-state index is -3.63. The smallest absolute Gasteiger partial charge is 0.342 e. The summed E-state index contributed by atoms with van der Waals surface area (Å²) < 4.78 is 32.2. The van der Waals surface area contributed by atoms with E-state index in [9.17, 15) is 9.36 Å². The second kappa shape index (κ2) is 11.2. The van der Waals surface area contributed by atoms with Gasteiger partial charge in [-0.3, -0.25) is 9.36 Å². The quantitative estimate of drug-likeness (QED) is 0.296. The first kappa shape index (κ1) is 24.6. The van der Waals surface area contributed by atoms with Gasteiger partial charge in [-0.05, 0) is 32.4 Å². The number of fused-ring (bicyclic) bond motifs is 1.